The number of hydrogen-bond acceptors (Lipinski definition) is 2. The van der Waals surface area contributed by atoms with Crippen LogP contribution in [0.3, 0.4) is 0 Å². The summed E-state index contributed by atoms with van der Waals surface area (Å²) in [5.74, 6) is 0.537. The molecule has 0 aliphatic carbocycles. The van der Waals surface area contributed by atoms with Crippen LogP contribution >= 0.6 is 0 Å². The standard InChI is InChI=1S/C14H23NO/c1-11-4-5-13(3)14(8-11)10-15-9-12(2)6-7-16/h4-5,8,12,15-16H,6-7,9-10H2,1-3H3. The molecule has 0 aromatic heterocycles. The Balaban J connectivity index is 2.39. The Morgan fingerprint density at radius 3 is 2.75 bits per heavy atom. The molecule has 0 amide bonds. The largest absolute Gasteiger partial charge is 0.396 e. The summed E-state index contributed by atoms with van der Waals surface area (Å²) in [6.45, 7) is 8.60. The maximum Gasteiger partial charge on any atom is 0.0434 e. The van der Waals surface area contributed by atoms with E-state index in [0.717, 1.165) is 19.5 Å². The van der Waals surface area contributed by atoms with Gasteiger partial charge in [0.2, 0.25) is 0 Å². The molecule has 0 spiro atoms. The number of nitrogens with one attached hydrogen (secondary N) is 1. The van der Waals surface area contributed by atoms with Crippen LogP contribution in [0.4, 0.5) is 0 Å². The number of hydrogen-bond donors (Lipinski definition) is 2. The second-order valence-electron chi connectivity index (χ2n) is 4.68. The molecule has 1 rings (SSSR count). The Kier molecular flexibility index (Phi) is 5.50. The van der Waals surface area contributed by atoms with Crippen molar-refractivity contribution in [1.82, 2.24) is 5.32 Å². The highest BCUT2D eigenvalue weighted by Crippen LogP contribution is 2.10. The molecule has 0 saturated carbocycles. The van der Waals surface area contributed by atoms with Gasteiger partial charge in [0.05, 0.1) is 0 Å². The van der Waals surface area contributed by atoms with Crippen LogP contribution in [0.2, 0.25) is 0 Å². The first-order valence-electron chi connectivity index (χ1n) is 6.01. The molecule has 0 heterocycles. The number of benzene rings is 1. The van der Waals surface area contributed by atoms with Crippen LogP contribution in [-0.2, 0) is 6.54 Å². The monoisotopic (exact) mass is 221 g/mol. The molecule has 2 heteroatoms. The molecule has 1 unspecified atom stereocenters. The van der Waals surface area contributed by atoms with Gasteiger partial charge in [-0.25, -0.2) is 0 Å². The quantitative estimate of drug-likeness (QED) is 0.773. The van der Waals surface area contributed by atoms with Crippen LogP contribution in [0.25, 0.3) is 0 Å². The minimum atomic E-state index is 0.284. The van der Waals surface area contributed by atoms with Gasteiger partial charge in [0.25, 0.3) is 0 Å². The van der Waals surface area contributed by atoms with Gasteiger partial charge in [0.15, 0.2) is 0 Å². The fraction of sp³-hybridized carbons (Fsp3) is 0.571. The van der Waals surface area contributed by atoms with Gasteiger partial charge < -0.3 is 10.4 Å². The summed E-state index contributed by atoms with van der Waals surface area (Å²) < 4.78 is 0. The summed E-state index contributed by atoms with van der Waals surface area (Å²) in [5, 5.41) is 12.2. The molecular weight excluding hydrogens is 198 g/mol. The minimum absolute atomic E-state index is 0.284. The summed E-state index contributed by atoms with van der Waals surface area (Å²) in [4.78, 5) is 0. The fourth-order valence-electron chi connectivity index (χ4n) is 1.77. The highest BCUT2D eigenvalue weighted by molar-refractivity contribution is 5.30. The fourth-order valence-corrected chi connectivity index (χ4v) is 1.77. The molecule has 0 saturated heterocycles. The summed E-state index contributed by atoms with van der Waals surface area (Å²) in [6.07, 6.45) is 0.875. The van der Waals surface area contributed by atoms with Gasteiger partial charge >= 0.3 is 0 Å². The molecule has 0 fully saturated rings. The Morgan fingerprint density at radius 2 is 2.06 bits per heavy atom. The zero-order valence-corrected chi connectivity index (χ0v) is 10.6. The van der Waals surface area contributed by atoms with E-state index in [9.17, 15) is 0 Å². The molecule has 2 N–H and O–H groups in total. The van der Waals surface area contributed by atoms with Gasteiger partial charge in [0, 0.05) is 13.2 Å². The van der Waals surface area contributed by atoms with E-state index in [1.807, 2.05) is 0 Å². The lowest BCUT2D eigenvalue weighted by Crippen LogP contribution is -2.21. The van der Waals surface area contributed by atoms with Gasteiger partial charge in [-0.15, -0.1) is 0 Å². The predicted molar refractivity (Wildman–Crippen MR) is 68.5 cm³/mol. The lowest BCUT2D eigenvalue weighted by atomic mass is 10.0. The van der Waals surface area contributed by atoms with Crippen molar-refractivity contribution in [2.24, 2.45) is 5.92 Å². The molecule has 0 bridgehead atoms. The first-order valence-corrected chi connectivity index (χ1v) is 6.01. The van der Waals surface area contributed by atoms with E-state index in [0.29, 0.717) is 5.92 Å². The zero-order chi connectivity index (χ0) is 12.0. The van der Waals surface area contributed by atoms with Crippen LogP contribution < -0.4 is 5.32 Å². The van der Waals surface area contributed by atoms with Gasteiger partial charge in [-0.1, -0.05) is 30.7 Å². The zero-order valence-electron chi connectivity index (χ0n) is 10.6. The van der Waals surface area contributed by atoms with Crippen molar-refractivity contribution in [2.45, 2.75) is 33.7 Å². The molecular formula is C14H23NO. The molecule has 2 nitrogen and oxygen atoms in total. The maximum atomic E-state index is 8.81. The second-order valence-corrected chi connectivity index (χ2v) is 4.68. The lowest BCUT2D eigenvalue weighted by molar-refractivity contribution is 0.260. The average molecular weight is 221 g/mol. The molecule has 90 valence electrons. The smallest absolute Gasteiger partial charge is 0.0434 e. The topological polar surface area (TPSA) is 32.3 Å². The van der Waals surface area contributed by atoms with Gasteiger partial charge in [0.1, 0.15) is 0 Å². The van der Waals surface area contributed by atoms with Crippen LogP contribution in [0, 0.1) is 19.8 Å². The third-order valence-electron chi connectivity index (χ3n) is 2.93. The van der Waals surface area contributed by atoms with Crippen molar-refractivity contribution in [3.63, 3.8) is 0 Å². The average Bonchev–Trinajstić information content (AvgIpc) is 2.23. The van der Waals surface area contributed by atoms with Crippen LogP contribution in [0.1, 0.15) is 30.0 Å². The first kappa shape index (κ1) is 13.2. The second kappa shape index (κ2) is 6.66. The minimum Gasteiger partial charge on any atom is -0.396 e. The number of aryl methyl sites for hydroxylation is 2. The molecule has 1 aromatic rings. The van der Waals surface area contributed by atoms with Crippen molar-refractivity contribution < 1.29 is 5.11 Å². The first-order chi connectivity index (χ1) is 7.63. The Morgan fingerprint density at radius 1 is 1.31 bits per heavy atom. The third kappa shape index (κ3) is 4.33. The van der Waals surface area contributed by atoms with Crippen molar-refractivity contribution in [2.75, 3.05) is 13.2 Å². The van der Waals surface area contributed by atoms with Gasteiger partial charge in [-0.05, 0) is 43.9 Å². The Bertz CT molecular complexity index is 323. The molecule has 0 aliphatic rings. The molecule has 1 aromatic carbocycles. The van der Waals surface area contributed by atoms with E-state index in [2.05, 4.69) is 44.3 Å². The van der Waals surface area contributed by atoms with Gasteiger partial charge in [-0.2, -0.15) is 0 Å². The SMILES string of the molecule is Cc1ccc(C)c(CNCC(C)CCO)c1. The summed E-state index contributed by atoms with van der Waals surface area (Å²) in [6, 6.07) is 6.55. The van der Waals surface area contributed by atoms with E-state index in [1.165, 1.54) is 16.7 Å². The Labute approximate surface area is 98.7 Å². The molecule has 0 radical (unpaired) electrons. The highest BCUT2D eigenvalue weighted by Gasteiger charge is 2.02. The van der Waals surface area contributed by atoms with E-state index < -0.39 is 0 Å². The highest BCUT2D eigenvalue weighted by atomic mass is 16.3. The van der Waals surface area contributed by atoms with Crippen LogP contribution in [0.5, 0.6) is 0 Å². The van der Waals surface area contributed by atoms with E-state index in [-0.39, 0.29) is 6.61 Å². The van der Waals surface area contributed by atoms with Crippen molar-refractivity contribution in [3.8, 4) is 0 Å². The number of aliphatic hydroxyl groups is 1. The molecule has 16 heavy (non-hydrogen) atoms. The summed E-state index contributed by atoms with van der Waals surface area (Å²) in [7, 11) is 0. The normalized spacial score (nSPS) is 12.8. The van der Waals surface area contributed by atoms with Crippen molar-refractivity contribution >= 4 is 0 Å². The number of aliphatic hydroxyl groups excluding tert-OH is 1. The van der Waals surface area contributed by atoms with Crippen LogP contribution in [0.15, 0.2) is 18.2 Å². The number of rotatable bonds is 6. The Hall–Kier alpha value is -0.860. The summed E-state index contributed by atoms with van der Waals surface area (Å²) in [5.41, 5.74) is 4.02. The van der Waals surface area contributed by atoms with Crippen molar-refractivity contribution in [1.29, 1.82) is 0 Å². The molecule has 1 atom stereocenters. The van der Waals surface area contributed by atoms with E-state index in [4.69, 9.17) is 5.11 Å². The summed E-state index contributed by atoms with van der Waals surface area (Å²) >= 11 is 0. The predicted octanol–water partition coefficient (Wildman–Crippen LogP) is 2.41. The van der Waals surface area contributed by atoms with Gasteiger partial charge in [-0.3, -0.25) is 0 Å². The van der Waals surface area contributed by atoms with E-state index in [1.54, 1.807) is 0 Å². The lowest BCUT2D eigenvalue weighted by Gasteiger charge is -2.12. The third-order valence-corrected chi connectivity index (χ3v) is 2.93. The molecule has 0 aliphatic heterocycles. The van der Waals surface area contributed by atoms with E-state index >= 15 is 0 Å². The maximum absolute atomic E-state index is 8.81. The van der Waals surface area contributed by atoms with Crippen LogP contribution in [-0.4, -0.2) is 18.3 Å². The van der Waals surface area contributed by atoms with Crippen molar-refractivity contribution in [3.05, 3.63) is 34.9 Å².